The minimum atomic E-state index is -3.11. The van der Waals surface area contributed by atoms with Crippen LogP contribution in [-0.2, 0) is 18.1 Å². The summed E-state index contributed by atoms with van der Waals surface area (Å²) in [5, 5.41) is -0.192. The minimum absolute atomic E-state index is 0.192. The molecule has 0 fully saturated rings. The first-order chi connectivity index (χ1) is 6.07. The number of hydrogen-bond acceptors (Lipinski definition) is 4. The van der Waals surface area contributed by atoms with Gasteiger partial charge in [0.25, 0.3) is 0 Å². The van der Waals surface area contributed by atoms with Crippen molar-refractivity contribution in [3.8, 4) is 0 Å². The van der Waals surface area contributed by atoms with E-state index in [4.69, 9.17) is 13.3 Å². The standard InChI is InChI=1S/C8H16O4Si/c1-6-7(2)8(9)13(10-3,11-4)12-5/h6H,1-5H3/b7-6-. The van der Waals surface area contributed by atoms with E-state index in [2.05, 4.69) is 0 Å². The second-order valence-electron chi connectivity index (χ2n) is 2.47. The van der Waals surface area contributed by atoms with Crippen molar-refractivity contribution in [3.05, 3.63) is 11.6 Å². The Bertz CT molecular complexity index is 200. The molecule has 4 nitrogen and oxygen atoms in total. The normalized spacial score (nSPS) is 13.2. The van der Waals surface area contributed by atoms with Gasteiger partial charge in [-0.2, -0.15) is 0 Å². The summed E-state index contributed by atoms with van der Waals surface area (Å²) in [7, 11) is 1.14. The van der Waals surface area contributed by atoms with Gasteiger partial charge in [0.1, 0.15) is 0 Å². The van der Waals surface area contributed by atoms with E-state index in [9.17, 15) is 4.79 Å². The molecule has 0 saturated carbocycles. The van der Waals surface area contributed by atoms with E-state index in [0.717, 1.165) is 0 Å². The molecule has 0 atom stereocenters. The Morgan fingerprint density at radius 1 is 1.15 bits per heavy atom. The zero-order valence-electron chi connectivity index (χ0n) is 8.71. The largest absolute Gasteiger partial charge is 0.578 e. The molecule has 0 amide bonds. The highest BCUT2D eigenvalue weighted by molar-refractivity contribution is 6.94. The molecule has 5 heteroatoms. The van der Waals surface area contributed by atoms with Crippen LogP contribution in [-0.4, -0.2) is 35.5 Å². The van der Waals surface area contributed by atoms with Gasteiger partial charge < -0.3 is 13.3 Å². The van der Waals surface area contributed by atoms with Gasteiger partial charge in [0.15, 0.2) is 0 Å². The van der Waals surface area contributed by atoms with Crippen LogP contribution in [0.5, 0.6) is 0 Å². The monoisotopic (exact) mass is 204 g/mol. The van der Waals surface area contributed by atoms with Gasteiger partial charge in [-0.1, -0.05) is 6.08 Å². The van der Waals surface area contributed by atoms with E-state index < -0.39 is 8.80 Å². The minimum Gasteiger partial charge on any atom is -0.372 e. The lowest BCUT2D eigenvalue weighted by Gasteiger charge is -2.22. The van der Waals surface area contributed by atoms with Crippen LogP contribution in [0.2, 0.25) is 0 Å². The van der Waals surface area contributed by atoms with Crippen LogP contribution in [0.3, 0.4) is 0 Å². The fourth-order valence-electron chi connectivity index (χ4n) is 0.901. The maximum Gasteiger partial charge on any atom is 0.578 e. The highest BCUT2D eigenvalue weighted by atomic mass is 28.4. The lowest BCUT2D eigenvalue weighted by molar-refractivity contribution is -0.114. The quantitative estimate of drug-likeness (QED) is 0.494. The van der Waals surface area contributed by atoms with Crippen molar-refractivity contribution in [2.75, 3.05) is 21.3 Å². The number of carbonyl (C=O) groups excluding carboxylic acids is 1. The van der Waals surface area contributed by atoms with Gasteiger partial charge in [0.2, 0.25) is 5.41 Å². The van der Waals surface area contributed by atoms with Gasteiger partial charge in [-0.3, -0.25) is 4.79 Å². The maximum absolute atomic E-state index is 11.7. The third kappa shape index (κ3) is 2.47. The van der Waals surface area contributed by atoms with Crippen LogP contribution in [0, 0.1) is 0 Å². The summed E-state index contributed by atoms with van der Waals surface area (Å²) < 4.78 is 15.1. The molecular formula is C8H16O4Si. The first kappa shape index (κ1) is 12.5. The van der Waals surface area contributed by atoms with Crippen molar-refractivity contribution < 1.29 is 18.1 Å². The van der Waals surface area contributed by atoms with Gasteiger partial charge >= 0.3 is 8.80 Å². The van der Waals surface area contributed by atoms with Gasteiger partial charge in [-0.25, -0.2) is 0 Å². The molecule has 0 spiro atoms. The molecule has 0 radical (unpaired) electrons. The third-order valence-electron chi connectivity index (χ3n) is 1.88. The van der Waals surface area contributed by atoms with Gasteiger partial charge in [0.05, 0.1) is 0 Å². The van der Waals surface area contributed by atoms with Crippen LogP contribution in [0.15, 0.2) is 11.6 Å². The van der Waals surface area contributed by atoms with Gasteiger partial charge in [-0.05, 0) is 19.4 Å². The van der Waals surface area contributed by atoms with Crippen molar-refractivity contribution in [2.45, 2.75) is 13.8 Å². The van der Waals surface area contributed by atoms with E-state index in [1.165, 1.54) is 21.3 Å². The molecule has 0 aromatic heterocycles. The predicted molar refractivity (Wildman–Crippen MR) is 51.2 cm³/mol. The summed E-state index contributed by atoms with van der Waals surface area (Å²) in [6.07, 6.45) is 1.71. The predicted octanol–water partition coefficient (Wildman–Crippen LogP) is 0.939. The Balaban J connectivity index is 4.85. The maximum atomic E-state index is 11.7. The summed E-state index contributed by atoms with van der Waals surface area (Å²) in [6.45, 7) is 3.49. The summed E-state index contributed by atoms with van der Waals surface area (Å²) in [4.78, 5) is 11.7. The molecular weight excluding hydrogens is 188 g/mol. The Morgan fingerprint density at radius 3 is 1.77 bits per heavy atom. The summed E-state index contributed by atoms with van der Waals surface area (Å²) in [5.41, 5.74) is 0.595. The van der Waals surface area contributed by atoms with E-state index in [1.807, 2.05) is 0 Å². The lowest BCUT2D eigenvalue weighted by atomic mass is 10.3. The van der Waals surface area contributed by atoms with Crippen LogP contribution in [0.25, 0.3) is 0 Å². The molecule has 0 aliphatic carbocycles. The molecule has 0 rings (SSSR count). The van der Waals surface area contributed by atoms with Crippen LogP contribution < -0.4 is 0 Å². The summed E-state index contributed by atoms with van der Waals surface area (Å²) in [6, 6.07) is 0. The first-order valence-corrected chi connectivity index (χ1v) is 5.63. The zero-order valence-corrected chi connectivity index (χ0v) is 9.71. The third-order valence-corrected chi connectivity index (χ3v) is 4.44. The molecule has 13 heavy (non-hydrogen) atoms. The average molecular weight is 204 g/mol. The number of hydrogen-bond donors (Lipinski definition) is 0. The van der Waals surface area contributed by atoms with Crippen molar-refractivity contribution >= 4 is 14.2 Å². The Hall–Kier alpha value is -0.493. The number of allylic oxidation sites excluding steroid dienone is 2. The zero-order chi connectivity index (χ0) is 10.5. The van der Waals surface area contributed by atoms with Crippen LogP contribution in [0.1, 0.15) is 13.8 Å². The fourth-order valence-corrected chi connectivity index (χ4v) is 2.58. The van der Waals surface area contributed by atoms with Crippen molar-refractivity contribution in [1.29, 1.82) is 0 Å². The fraction of sp³-hybridized carbons (Fsp3) is 0.625. The van der Waals surface area contributed by atoms with Crippen LogP contribution in [0.4, 0.5) is 0 Å². The molecule has 0 bridgehead atoms. The highest BCUT2D eigenvalue weighted by Gasteiger charge is 2.47. The molecule has 0 unspecified atom stereocenters. The Kier molecular flexibility index (Phi) is 5.08. The van der Waals surface area contributed by atoms with Gasteiger partial charge in [-0.15, -0.1) is 0 Å². The van der Waals surface area contributed by atoms with Crippen molar-refractivity contribution in [1.82, 2.24) is 0 Å². The van der Waals surface area contributed by atoms with E-state index >= 15 is 0 Å². The van der Waals surface area contributed by atoms with Crippen LogP contribution >= 0.6 is 0 Å². The van der Waals surface area contributed by atoms with Gasteiger partial charge in [0, 0.05) is 21.3 Å². The number of rotatable bonds is 5. The Morgan fingerprint density at radius 2 is 1.54 bits per heavy atom. The molecule has 0 aliphatic rings. The SMILES string of the molecule is C/C=C(/C)C(=O)[Si](OC)(OC)OC. The second-order valence-corrected chi connectivity index (χ2v) is 5.26. The molecule has 0 aromatic rings. The second kappa shape index (κ2) is 5.28. The average Bonchev–Trinajstić information content (AvgIpc) is 2.20. The molecule has 0 aromatic carbocycles. The Labute approximate surface area is 79.9 Å². The first-order valence-electron chi connectivity index (χ1n) is 3.91. The molecule has 0 aliphatic heterocycles. The summed E-state index contributed by atoms with van der Waals surface area (Å²) >= 11 is 0. The number of carbonyl (C=O) groups is 1. The topological polar surface area (TPSA) is 44.8 Å². The smallest absolute Gasteiger partial charge is 0.372 e. The highest BCUT2D eigenvalue weighted by Crippen LogP contribution is 2.12. The van der Waals surface area contributed by atoms with E-state index in [1.54, 1.807) is 19.9 Å². The van der Waals surface area contributed by atoms with E-state index in [-0.39, 0.29) is 5.41 Å². The molecule has 0 heterocycles. The lowest BCUT2D eigenvalue weighted by Crippen LogP contribution is -2.52. The molecule has 76 valence electrons. The molecule has 0 N–H and O–H groups in total. The molecule has 0 saturated heterocycles. The van der Waals surface area contributed by atoms with Crippen molar-refractivity contribution in [2.24, 2.45) is 0 Å². The summed E-state index contributed by atoms with van der Waals surface area (Å²) in [5.74, 6) is 0. The van der Waals surface area contributed by atoms with Crippen molar-refractivity contribution in [3.63, 3.8) is 0 Å². The van der Waals surface area contributed by atoms with E-state index in [0.29, 0.717) is 5.57 Å².